The maximum atomic E-state index is 13.9. The first kappa shape index (κ1) is 22.5. The number of hydrogen-bond acceptors (Lipinski definition) is 5. The summed E-state index contributed by atoms with van der Waals surface area (Å²) in [4.78, 5) is 22.1. The summed E-state index contributed by atoms with van der Waals surface area (Å²) in [5.74, 6) is 0.773. The number of nitriles is 1. The third-order valence-electron chi connectivity index (χ3n) is 7.00. The van der Waals surface area contributed by atoms with Crippen molar-refractivity contribution in [3.8, 4) is 11.8 Å². The smallest absolute Gasteiger partial charge is 0.199 e. The highest BCUT2D eigenvalue weighted by Gasteiger charge is 2.26. The molecule has 0 atom stereocenters. The van der Waals surface area contributed by atoms with Gasteiger partial charge in [0.15, 0.2) is 5.43 Å². The number of likely N-dealkylation sites (N-methyl/N-ethyl adjacent to an activating group) is 1. The van der Waals surface area contributed by atoms with Crippen molar-refractivity contribution in [2.75, 3.05) is 38.1 Å². The second-order valence-corrected chi connectivity index (χ2v) is 10.1. The predicted octanol–water partition coefficient (Wildman–Crippen LogP) is 4.46. The highest BCUT2D eigenvalue weighted by atomic mass is 16.5. The van der Waals surface area contributed by atoms with Crippen LogP contribution in [0.15, 0.2) is 22.5 Å². The molecule has 1 aromatic carbocycles. The molecule has 0 radical (unpaired) electrons. The van der Waals surface area contributed by atoms with E-state index < -0.39 is 0 Å². The highest BCUT2D eigenvalue weighted by Crippen LogP contribution is 2.38. The van der Waals surface area contributed by atoms with Gasteiger partial charge >= 0.3 is 0 Å². The van der Waals surface area contributed by atoms with E-state index in [1.165, 1.54) is 0 Å². The normalized spacial score (nSPS) is 16.9. The number of aryl methyl sites for hydroxylation is 1. The Kier molecular flexibility index (Phi) is 5.65. The van der Waals surface area contributed by atoms with Crippen molar-refractivity contribution in [2.45, 2.75) is 52.7 Å². The van der Waals surface area contributed by atoms with Gasteiger partial charge in [-0.25, -0.2) is 0 Å². The Labute approximate surface area is 200 Å². The first-order valence-electron chi connectivity index (χ1n) is 12.3. The SMILES string of the molecule is CC(C)Oc1cc2c(=O)c3c4c([nH]c3n(C(C)C)c2cc1N1CCN(C)CC1)C=C(C#N)CC4. The number of fused-ring (bicyclic) bond motifs is 4. The third-order valence-corrected chi connectivity index (χ3v) is 7.00. The molecule has 1 N–H and O–H groups in total. The van der Waals surface area contributed by atoms with Crippen molar-refractivity contribution in [1.82, 2.24) is 14.5 Å². The number of nitrogens with zero attached hydrogens (tertiary/aromatic N) is 4. The second-order valence-electron chi connectivity index (χ2n) is 10.1. The number of rotatable bonds is 4. The Morgan fingerprint density at radius 3 is 2.47 bits per heavy atom. The van der Waals surface area contributed by atoms with Crippen LogP contribution in [0, 0.1) is 11.3 Å². The molecular formula is C27H33N5O2. The van der Waals surface area contributed by atoms with Gasteiger partial charge in [0.1, 0.15) is 11.4 Å². The zero-order chi connectivity index (χ0) is 24.1. The number of benzene rings is 1. The van der Waals surface area contributed by atoms with Gasteiger partial charge in [-0.15, -0.1) is 0 Å². The van der Waals surface area contributed by atoms with E-state index in [2.05, 4.69) is 52.4 Å². The summed E-state index contributed by atoms with van der Waals surface area (Å²) < 4.78 is 8.51. The lowest BCUT2D eigenvalue weighted by atomic mass is 9.95. The molecule has 0 spiro atoms. The van der Waals surface area contributed by atoms with E-state index >= 15 is 0 Å². The number of pyridine rings is 1. The minimum atomic E-state index is 0.00859. The lowest BCUT2D eigenvalue weighted by molar-refractivity contribution is 0.241. The maximum absolute atomic E-state index is 13.9. The number of aromatic nitrogens is 2. The molecule has 0 saturated carbocycles. The summed E-state index contributed by atoms with van der Waals surface area (Å²) >= 11 is 0. The molecule has 0 amide bonds. The second kappa shape index (κ2) is 8.52. The molecule has 1 aliphatic heterocycles. The standard InChI is InChI=1S/C27H33N5O2/c1-16(2)32-22-14-23(31-10-8-30(5)9-11-31)24(34-17(3)4)13-20(22)26(33)25-19-7-6-18(15-28)12-21(19)29-27(25)32/h12-14,16-17,29H,6-11H2,1-5H3. The van der Waals surface area contributed by atoms with Gasteiger partial charge in [-0.3, -0.25) is 4.79 Å². The fourth-order valence-corrected chi connectivity index (χ4v) is 5.32. The molecule has 2 aliphatic rings. The van der Waals surface area contributed by atoms with Crippen LogP contribution in [0.4, 0.5) is 5.69 Å². The molecule has 1 aliphatic carbocycles. The lowest BCUT2D eigenvalue weighted by Crippen LogP contribution is -2.44. The van der Waals surface area contributed by atoms with E-state index in [1.807, 2.05) is 26.0 Å². The van der Waals surface area contributed by atoms with Gasteiger partial charge < -0.3 is 24.1 Å². The number of hydrogen-bond donors (Lipinski definition) is 1. The van der Waals surface area contributed by atoms with Crippen LogP contribution < -0.4 is 15.1 Å². The van der Waals surface area contributed by atoms with E-state index in [-0.39, 0.29) is 17.6 Å². The molecule has 178 valence electrons. The van der Waals surface area contributed by atoms with Gasteiger partial charge in [-0.2, -0.15) is 5.26 Å². The first-order chi connectivity index (χ1) is 16.3. The summed E-state index contributed by atoms with van der Waals surface area (Å²) in [6, 6.07) is 6.53. The molecule has 2 aromatic heterocycles. The van der Waals surface area contributed by atoms with E-state index in [9.17, 15) is 10.1 Å². The van der Waals surface area contributed by atoms with Crippen LogP contribution in [0.5, 0.6) is 5.75 Å². The Balaban J connectivity index is 1.82. The number of anilines is 1. The molecule has 34 heavy (non-hydrogen) atoms. The van der Waals surface area contributed by atoms with Gasteiger partial charge in [0, 0.05) is 43.5 Å². The van der Waals surface area contributed by atoms with Crippen molar-refractivity contribution in [2.24, 2.45) is 0 Å². The fraction of sp³-hybridized carbons (Fsp3) is 0.481. The van der Waals surface area contributed by atoms with Crippen molar-refractivity contribution in [3.63, 3.8) is 0 Å². The molecule has 0 unspecified atom stereocenters. The number of H-pyrrole nitrogens is 1. The summed E-state index contributed by atoms with van der Waals surface area (Å²) in [5, 5.41) is 10.8. The fourth-order valence-electron chi connectivity index (χ4n) is 5.32. The number of nitrogens with one attached hydrogen (secondary N) is 1. The van der Waals surface area contributed by atoms with Gasteiger partial charge in [0.25, 0.3) is 0 Å². The average Bonchev–Trinajstić information content (AvgIpc) is 3.17. The van der Waals surface area contributed by atoms with Crippen LogP contribution >= 0.6 is 0 Å². The van der Waals surface area contributed by atoms with Gasteiger partial charge in [-0.05, 0) is 71.4 Å². The third kappa shape index (κ3) is 3.67. The largest absolute Gasteiger partial charge is 0.489 e. The van der Waals surface area contributed by atoms with Gasteiger partial charge in [0.2, 0.25) is 0 Å². The Morgan fingerprint density at radius 2 is 1.82 bits per heavy atom. The molecule has 3 aromatic rings. The van der Waals surface area contributed by atoms with Crippen molar-refractivity contribution in [3.05, 3.63) is 39.2 Å². The lowest BCUT2D eigenvalue weighted by Gasteiger charge is -2.35. The van der Waals surface area contributed by atoms with Crippen molar-refractivity contribution >= 4 is 33.7 Å². The minimum Gasteiger partial charge on any atom is -0.489 e. The molecule has 7 nitrogen and oxygen atoms in total. The topological polar surface area (TPSA) is 77.3 Å². The molecule has 3 heterocycles. The number of piperazine rings is 1. The Morgan fingerprint density at radius 1 is 1.09 bits per heavy atom. The summed E-state index contributed by atoms with van der Waals surface area (Å²) in [7, 11) is 2.15. The average molecular weight is 460 g/mol. The number of ether oxygens (including phenoxy) is 1. The van der Waals surface area contributed by atoms with E-state index in [0.717, 1.165) is 71.0 Å². The molecule has 1 fully saturated rings. The van der Waals surface area contributed by atoms with E-state index in [1.54, 1.807) is 0 Å². The zero-order valence-electron chi connectivity index (χ0n) is 20.7. The first-order valence-corrected chi connectivity index (χ1v) is 12.3. The van der Waals surface area contributed by atoms with Crippen LogP contribution in [-0.2, 0) is 6.42 Å². The van der Waals surface area contributed by atoms with Gasteiger partial charge in [-0.1, -0.05) is 0 Å². The van der Waals surface area contributed by atoms with Crippen LogP contribution in [0.1, 0.15) is 51.4 Å². The number of aromatic amines is 1. The maximum Gasteiger partial charge on any atom is 0.199 e. The van der Waals surface area contributed by atoms with Crippen LogP contribution in [0.25, 0.3) is 28.0 Å². The quantitative estimate of drug-likeness (QED) is 0.624. The summed E-state index contributed by atoms with van der Waals surface area (Å²) in [6.07, 6.45) is 3.27. The number of allylic oxidation sites excluding steroid dienone is 1. The molecule has 1 saturated heterocycles. The zero-order valence-corrected chi connectivity index (χ0v) is 20.7. The van der Waals surface area contributed by atoms with E-state index in [0.29, 0.717) is 18.2 Å². The van der Waals surface area contributed by atoms with Crippen LogP contribution in [0.2, 0.25) is 0 Å². The molecular weight excluding hydrogens is 426 g/mol. The Bertz CT molecular complexity index is 1390. The van der Waals surface area contributed by atoms with Gasteiger partial charge in [0.05, 0.1) is 34.1 Å². The van der Waals surface area contributed by atoms with Crippen LogP contribution in [-0.4, -0.2) is 53.8 Å². The molecule has 7 heteroatoms. The highest BCUT2D eigenvalue weighted by molar-refractivity contribution is 5.98. The minimum absolute atomic E-state index is 0.00859. The predicted molar refractivity (Wildman–Crippen MR) is 138 cm³/mol. The van der Waals surface area contributed by atoms with Crippen LogP contribution in [0.3, 0.4) is 0 Å². The molecule has 0 bridgehead atoms. The van der Waals surface area contributed by atoms with Crippen molar-refractivity contribution in [1.29, 1.82) is 5.26 Å². The monoisotopic (exact) mass is 459 g/mol. The van der Waals surface area contributed by atoms with E-state index in [4.69, 9.17) is 4.74 Å². The van der Waals surface area contributed by atoms with Crippen molar-refractivity contribution < 1.29 is 4.74 Å². The summed E-state index contributed by atoms with van der Waals surface area (Å²) in [6.45, 7) is 12.2. The summed E-state index contributed by atoms with van der Waals surface area (Å²) in [5.41, 5.74) is 5.49. The molecule has 5 rings (SSSR count). The Hall–Kier alpha value is -3.24.